The minimum Gasteiger partial charge on any atom is -0.462 e. The molecule has 0 bridgehead atoms. The average molecular weight is 370 g/mol. The van der Waals surface area contributed by atoms with Gasteiger partial charge < -0.3 is 10.1 Å². The molecule has 5 nitrogen and oxygen atoms in total. The topological polar surface area (TPSA) is 64.1 Å². The molecule has 2 heterocycles. The summed E-state index contributed by atoms with van der Waals surface area (Å²) in [5.41, 5.74) is 3.60. The fourth-order valence-corrected chi connectivity index (χ4v) is 2.71. The van der Waals surface area contributed by atoms with Gasteiger partial charge in [-0.2, -0.15) is 0 Å². The number of nitrogens with one attached hydrogen (secondary N) is 1. The Kier molecular flexibility index (Phi) is 5.68. The first-order valence-corrected chi connectivity index (χ1v) is 8.88. The quantitative estimate of drug-likeness (QED) is 0.634. The maximum atomic E-state index is 12.5. The maximum absolute atomic E-state index is 12.5. The van der Waals surface area contributed by atoms with E-state index >= 15 is 0 Å². The van der Waals surface area contributed by atoms with Gasteiger partial charge in [0.2, 0.25) is 0 Å². The van der Waals surface area contributed by atoms with Gasteiger partial charge in [-0.1, -0.05) is 30.7 Å². The first-order valence-electron chi connectivity index (χ1n) is 8.50. The van der Waals surface area contributed by atoms with Gasteiger partial charge in [0.05, 0.1) is 12.3 Å². The van der Waals surface area contributed by atoms with Gasteiger partial charge in [0, 0.05) is 28.8 Å². The van der Waals surface area contributed by atoms with Gasteiger partial charge in [-0.05, 0) is 43.2 Å². The Balaban J connectivity index is 1.97. The van der Waals surface area contributed by atoms with E-state index in [0.717, 1.165) is 23.1 Å². The van der Waals surface area contributed by atoms with Crippen molar-refractivity contribution in [3.05, 3.63) is 64.4 Å². The Bertz CT molecular complexity index is 926. The SMILES string of the molecule is CCCOC(=O)c1cnc2nc(C)ccc2c1NCc1ccc(Cl)cc1. The van der Waals surface area contributed by atoms with Crippen LogP contribution in [-0.2, 0) is 11.3 Å². The number of anilines is 1. The molecule has 3 rings (SSSR count). The molecule has 0 unspecified atom stereocenters. The Labute approximate surface area is 157 Å². The van der Waals surface area contributed by atoms with Crippen molar-refractivity contribution in [2.24, 2.45) is 0 Å². The third kappa shape index (κ3) is 4.11. The Morgan fingerprint density at radius 1 is 1.19 bits per heavy atom. The first-order chi connectivity index (χ1) is 12.6. The van der Waals surface area contributed by atoms with Crippen LogP contribution in [0.25, 0.3) is 11.0 Å². The number of aryl methyl sites for hydroxylation is 1. The third-order valence-corrected chi connectivity index (χ3v) is 4.16. The molecule has 0 saturated heterocycles. The number of aromatic nitrogens is 2. The number of hydrogen-bond acceptors (Lipinski definition) is 5. The summed E-state index contributed by atoms with van der Waals surface area (Å²) in [5, 5.41) is 4.82. The van der Waals surface area contributed by atoms with E-state index in [1.165, 1.54) is 6.20 Å². The van der Waals surface area contributed by atoms with Crippen LogP contribution in [-0.4, -0.2) is 22.5 Å². The maximum Gasteiger partial charge on any atom is 0.341 e. The van der Waals surface area contributed by atoms with Gasteiger partial charge in [-0.25, -0.2) is 14.8 Å². The molecule has 6 heteroatoms. The number of hydrogen-bond donors (Lipinski definition) is 1. The lowest BCUT2D eigenvalue weighted by molar-refractivity contribution is 0.0506. The second-order valence-electron chi connectivity index (χ2n) is 5.99. The molecule has 0 aliphatic heterocycles. The first kappa shape index (κ1) is 18.1. The highest BCUT2D eigenvalue weighted by atomic mass is 35.5. The number of halogens is 1. The minimum absolute atomic E-state index is 0.375. The smallest absolute Gasteiger partial charge is 0.341 e. The summed E-state index contributed by atoms with van der Waals surface area (Å²) in [6.07, 6.45) is 2.29. The van der Waals surface area contributed by atoms with Crippen molar-refractivity contribution >= 4 is 34.3 Å². The highest BCUT2D eigenvalue weighted by Crippen LogP contribution is 2.27. The van der Waals surface area contributed by atoms with Crippen LogP contribution in [0.5, 0.6) is 0 Å². The van der Waals surface area contributed by atoms with Gasteiger partial charge in [0.1, 0.15) is 5.56 Å². The third-order valence-electron chi connectivity index (χ3n) is 3.91. The van der Waals surface area contributed by atoms with E-state index in [2.05, 4.69) is 15.3 Å². The summed E-state index contributed by atoms with van der Waals surface area (Å²) >= 11 is 5.94. The Morgan fingerprint density at radius 3 is 2.69 bits per heavy atom. The molecule has 26 heavy (non-hydrogen) atoms. The number of carbonyl (C=O) groups is 1. The fourth-order valence-electron chi connectivity index (χ4n) is 2.58. The summed E-state index contributed by atoms with van der Waals surface area (Å²) in [6, 6.07) is 11.4. The lowest BCUT2D eigenvalue weighted by Crippen LogP contribution is -2.12. The van der Waals surface area contributed by atoms with Crippen LogP contribution in [0.2, 0.25) is 5.02 Å². The van der Waals surface area contributed by atoms with Gasteiger partial charge in [-0.3, -0.25) is 0 Å². The molecule has 0 radical (unpaired) electrons. The Morgan fingerprint density at radius 2 is 1.96 bits per heavy atom. The molecule has 134 valence electrons. The van der Waals surface area contributed by atoms with Crippen molar-refractivity contribution in [1.82, 2.24) is 9.97 Å². The van der Waals surface area contributed by atoms with E-state index in [1.807, 2.05) is 50.2 Å². The molecule has 3 aromatic rings. The average Bonchev–Trinajstić information content (AvgIpc) is 2.65. The van der Waals surface area contributed by atoms with Crippen molar-refractivity contribution in [3.63, 3.8) is 0 Å². The lowest BCUT2D eigenvalue weighted by atomic mass is 10.1. The van der Waals surface area contributed by atoms with Crippen LogP contribution in [0.1, 0.15) is 35.0 Å². The summed E-state index contributed by atoms with van der Waals surface area (Å²) < 4.78 is 5.30. The van der Waals surface area contributed by atoms with E-state index in [-0.39, 0.29) is 5.97 Å². The molecule has 0 amide bonds. The second kappa shape index (κ2) is 8.15. The van der Waals surface area contributed by atoms with Crippen LogP contribution in [0.15, 0.2) is 42.6 Å². The van der Waals surface area contributed by atoms with E-state index < -0.39 is 0 Å². The summed E-state index contributed by atoms with van der Waals surface area (Å²) in [7, 11) is 0. The molecule has 0 aliphatic carbocycles. The zero-order valence-electron chi connectivity index (χ0n) is 14.8. The predicted molar refractivity (Wildman–Crippen MR) is 104 cm³/mol. The van der Waals surface area contributed by atoms with Crippen molar-refractivity contribution < 1.29 is 9.53 Å². The zero-order chi connectivity index (χ0) is 18.5. The van der Waals surface area contributed by atoms with E-state index in [0.29, 0.717) is 35.1 Å². The molecule has 0 aliphatic rings. The van der Waals surface area contributed by atoms with Crippen molar-refractivity contribution in [1.29, 1.82) is 0 Å². The molecule has 0 atom stereocenters. The number of esters is 1. The van der Waals surface area contributed by atoms with E-state index in [1.54, 1.807) is 0 Å². The summed E-state index contributed by atoms with van der Waals surface area (Å²) in [5.74, 6) is -0.388. The summed E-state index contributed by atoms with van der Waals surface area (Å²) in [4.78, 5) is 21.2. The standard InChI is InChI=1S/C20H20ClN3O2/c1-3-10-26-20(25)17-12-23-19-16(9-4-13(2)24-19)18(17)22-11-14-5-7-15(21)8-6-14/h4-9,12H,3,10-11H2,1-2H3,(H,22,23,24). The fraction of sp³-hybridized carbons (Fsp3) is 0.250. The van der Waals surface area contributed by atoms with Crippen molar-refractivity contribution in [2.75, 3.05) is 11.9 Å². The molecular weight excluding hydrogens is 350 g/mol. The molecule has 0 spiro atoms. The van der Waals surface area contributed by atoms with E-state index in [4.69, 9.17) is 16.3 Å². The number of ether oxygens (including phenoxy) is 1. The number of fused-ring (bicyclic) bond motifs is 1. The van der Waals surface area contributed by atoms with Gasteiger partial charge in [0.25, 0.3) is 0 Å². The van der Waals surface area contributed by atoms with Gasteiger partial charge in [-0.15, -0.1) is 0 Å². The number of carbonyl (C=O) groups excluding carboxylic acids is 1. The highest BCUT2D eigenvalue weighted by Gasteiger charge is 2.17. The number of nitrogens with zero attached hydrogens (tertiary/aromatic N) is 2. The highest BCUT2D eigenvalue weighted by molar-refractivity contribution is 6.30. The lowest BCUT2D eigenvalue weighted by Gasteiger charge is -2.14. The van der Waals surface area contributed by atoms with Crippen LogP contribution >= 0.6 is 11.6 Å². The molecule has 1 aromatic carbocycles. The van der Waals surface area contributed by atoms with Crippen LogP contribution < -0.4 is 5.32 Å². The van der Waals surface area contributed by atoms with Gasteiger partial charge >= 0.3 is 5.97 Å². The molecule has 2 aromatic heterocycles. The van der Waals surface area contributed by atoms with Crippen LogP contribution in [0, 0.1) is 6.92 Å². The molecular formula is C20H20ClN3O2. The van der Waals surface area contributed by atoms with Crippen LogP contribution in [0.4, 0.5) is 5.69 Å². The zero-order valence-corrected chi connectivity index (χ0v) is 15.5. The predicted octanol–water partition coefficient (Wildman–Crippen LogP) is 4.77. The Hall–Kier alpha value is -2.66. The van der Waals surface area contributed by atoms with E-state index in [9.17, 15) is 4.79 Å². The number of benzene rings is 1. The van der Waals surface area contributed by atoms with Gasteiger partial charge in [0.15, 0.2) is 5.65 Å². The van der Waals surface area contributed by atoms with Crippen molar-refractivity contribution in [3.8, 4) is 0 Å². The minimum atomic E-state index is -0.388. The molecule has 0 fully saturated rings. The normalized spacial score (nSPS) is 10.7. The van der Waals surface area contributed by atoms with Crippen LogP contribution in [0.3, 0.4) is 0 Å². The number of pyridine rings is 2. The molecule has 0 saturated carbocycles. The molecule has 1 N–H and O–H groups in total. The number of rotatable bonds is 6. The summed E-state index contributed by atoms with van der Waals surface area (Å²) in [6.45, 7) is 4.78. The monoisotopic (exact) mass is 369 g/mol. The van der Waals surface area contributed by atoms with Crippen molar-refractivity contribution in [2.45, 2.75) is 26.8 Å². The largest absolute Gasteiger partial charge is 0.462 e. The second-order valence-corrected chi connectivity index (χ2v) is 6.42.